The Morgan fingerprint density at radius 3 is 2.69 bits per heavy atom. The number of rotatable bonds is 1. The predicted octanol–water partition coefficient (Wildman–Crippen LogP) is 2.31. The highest BCUT2D eigenvalue weighted by Crippen LogP contribution is 2.25. The number of nitrogens with zero attached hydrogens (tertiary/aromatic N) is 2. The molecule has 2 heterocycles. The van der Waals surface area contributed by atoms with Gasteiger partial charge in [-0.1, -0.05) is 20.8 Å². The summed E-state index contributed by atoms with van der Waals surface area (Å²) in [5.41, 5.74) is 1.93. The lowest BCUT2D eigenvalue weighted by atomic mass is 9.90. The molecule has 1 unspecified atom stereocenters. The van der Waals surface area contributed by atoms with Gasteiger partial charge in [0.25, 0.3) is 5.91 Å². The van der Waals surface area contributed by atoms with Gasteiger partial charge >= 0.3 is 0 Å². The van der Waals surface area contributed by atoms with Gasteiger partial charge < -0.3 is 9.88 Å². The SMILES string of the molecule is CC(C)(C)C(=O)N1CCCC(C(=O)N=C2CCCc3[nH]c(=O)ccc32)C1. The highest BCUT2D eigenvalue weighted by Gasteiger charge is 2.33. The number of aryl methyl sites for hydroxylation is 1. The first-order valence-corrected chi connectivity index (χ1v) is 9.39. The van der Waals surface area contributed by atoms with Gasteiger partial charge in [-0.3, -0.25) is 14.4 Å². The van der Waals surface area contributed by atoms with E-state index in [9.17, 15) is 14.4 Å². The second-order valence-corrected chi connectivity index (χ2v) is 8.31. The lowest BCUT2D eigenvalue weighted by Gasteiger charge is -2.35. The summed E-state index contributed by atoms with van der Waals surface area (Å²) in [6.45, 7) is 6.87. The fourth-order valence-corrected chi connectivity index (χ4v) is 3.73. The number of aliphatic imine (C=N–C) groups is 1. The van der Waals surface area contributed by atoms with E-state index in [-0.39, 0.29) is 23.3 Å². The van der Waals surface area contributed by atoms with Gasteiger partial charge in [0, 0.05) is 35.8 Å². The maximum absolute atomic E-state index is 12.8. The van der Waals surface area contributed by atoms with Crippen LogP contribution in [-0.4, -0.2) is 40.5 Å². The fraction of sp³-hybridized carbons (Fsp3) is 0.600. The minimum absolute atomic E-state index is 0.0863. The van der Waals surface area contributed by atoms with E-state index >= 15 is 0 Å². The zero-order valence-corrected chi connectivity index (χ0v) is 15.8. The minimum atomic E-state index is -0.439. The van der Waals surface area contributed by atoms with Crippen LogP contribution in [0.15, 0.2) is 21.9 Å². The van der Waals surface area contributed by atoms with Crippen molar-refractivity contribution in [2.45, 2.75) is 52.9 Å². The van der Waals surface area contributed by atoms with Crippen LogP contribution in [0, 0.1) is 11.3 Å². The van der Waals surface area contributed by atoms with Crippen LogP contribution in [0.1, 0.15) is 57.7 Å². The summed E-state index contributed by atoms with van der Waals surface area (Å²) in [5.74, 6) is -0.301. The summed E-state index contributed by atoms with van der Waals surface area (Å²) < 4.78 is 0. The molecule has 1 N–H and O–H groups in total. The molecule has 1 aliphatic heterocycles. The van der Waals surface area contributed by atoms with E-state index in [1.54, 1.807) is 11.0 Å². The average Bonchev–Trinajstić information content (AvgIpc) is 2.60. The number of H-pyrrole nitrogens is 1. The van der Waals surface area contributed by atoms with E-state index in [0.717, 1.165) is 49.1 Å². The zero-order chi connectivity index (χ0) is 18.9. The van der Waals surface area contributed by atoms with Gasteiger partial charge in [-0.15, -0.1) is 0 Å². The number of likely N-dealkylation sites (tertiary alicyclic amines) is 1. The number of nitrogens with one attached hydrogen (secondary N) is 1. The number of piperidine rings is 1. The Kier molecular flexibility index (Phi) is 5.12. The standard InChI is InChI=1S/C20H27N3O3/c1-20(2,3)19(26)23-11-5-6-13(12-23)18(25)22-16-8-4-7-15-14(16)9-10-17(24)21-15/h9-10,13H,4-8,11-12H2,1-3H3,(H,21,24). The summed E-state index contributed by atoms with van der Waals surface area (Å²) in [7, 11) is 0. The molecule has 1 aliphatic carbocycles. The molecule has 6 nitrogen and oxygen atoms in total. The van der Waals surface area contributed by atoms with Crippen LogP contribution in [-0.2, 0) is 16.0 Å². The number of amides is 2. The Hall–Kier alpha value is -2.24. The van der Waals surface area contributed by atoms with E-state index < -0.39 is 5.41 Å². The Morgan fingerprint density at radius 1 is 1.19 bits per heavy atom. The van der Waals surface area contributed by atoms with Crippen molar-refractivity contribution < 1.29 is 9.59 Å². The first-order valence-electron chi connectivity index (χ1n) is 9.39. The van der Waals surface area contributed by atoms with Crippen molar-refractivity contribution in [1.29, 1.82) is 0 Å². The molecule has 0 spiro atoms. The second kappa shape index (κ2) is 7.17. The van der Waals surface area contributed by atoms with Gasteiger partial charge in [0.05, 0.1) is 11.6 Å². The third-order valence-electron chi connectivity index (χ3n) is 5.10. The van der Waals surface area contributed by atoms with Crippen molar-refractivity contribution in [3.63, 3.8) is 0 Å². The summed E-state index contributed by atoms with van der Waals surface area (Å²) in [5, 5.41) is 0. The van der Waals surface area contributed by atoms with Crippen LogP contribution in [0.2, 0.25) is 0 Å². The number of aromatic amines is 1. The lowest BCUT2D eigenvalue weighted by molar-refractivity contribution is -0.142. The molecule has 2 amide bonds. The van der Waals surface area contributed by atoms with E-state index in [1.165, 1.54) is 6.07 Å². The molecular formula is C20H27N3O3. The quantitative estimate of drug-likeness (QED) is 0.837. The molecule has 0 bridgehead atoms. The number of carbonyl (C=O) groups excluding carboxylic acids is 2. The molecule has 26 heavy (non-hydrogen) atoms. The molecule has 1 saturated heterocycles. The molecule has 0 aromatic carbocycles. The number of hydrogen-bond donors (Lipinski definition) is 1. The molecule has 0 saturated carbocycles. The van der Waals surface area contributed by atoms with Crippen molar-refractivity contribution in [2.24, 2.45) is 16.3 Å². The van der Waals surface area contributed by atoms with Crippen LogP contribution in [0.3, 0.4) is 0 Å². The molecule has 3 rings (SSSR count). The zero-order valence-electron chi connectivity index (χ0n) is 15.8. The van der Waals surface area contributed by atoms with Crippen molar-refractivity contribution in [3.05, 3.63) is 33.7 Å². The third kappa shape index (κ3) is 3.94. The van der Waals surface area contributed by atoms with E-state index in [1.807, 2.05) is 20.8 Å². The van der Waals surface area contributed by atoms with E-state index in [0.29, 0.717) is 13.1 Å². The highest BCUT2D eigenvalue weighted by molar-refractivity contribution is 6.08. The van der Waals surface area contributed by atoms with Crippen LogP contribution in [0.25, 0.3) is 0 Å². The summed E-state index contributed by atoms with van der Waals surface area (Å²) >= 11 is 0. The van der Waals surface area contributed by atoms with Crippen LogP contribution >= 0.6 is 0 Å². The van der Waals surface area contributed by atoms with Gasteiger partial charge in [-0.25, -0.2) is 4.99 Å². The Balaban J connectivity index is 1.77. The molecule has 6 heteroatoms. The summed E-state index contributed by atoms with van der Waals surface area (Å²) in [4.78, 5) is 45.8. The second-order valence-electron chi connectivity index (χ2n) is 8.31. The molecule has 1 atom stereocenters. The maximum atomic E-state index is 12.8. The van der Waals surface area contributed by atoms with Gasteiger partial charge in [-0.2, -0.15) is 0 Å². The topological polar surface area (TPSA) is 82.6 Å². The van der Waals surface area contributed by atoms with E-state index in [4.69, 9.17) is 0 Å². The summed E-state index contributed by atoms with van der Waals surface area (Å²) in [6.07, 6.45) is 4.01. The lowest BCUT2D eigenvalue weighted by Crippen LogP contribution is -2.46. The number of carbonyl (C=O) groups is 2. The number of hydrogen-bond acceptors (Lipinski definition) is 3. The minimum Gasteiger partial charge on any atom is -0.341 e. The monoisotopic (exact) mass is 357 g/mol. The number of pyridine rings is 1. The molecule has 1 fully saturated rings. The van der Waals surface area contributed by atoms with Gasteiger partial charge in [0.15, 0.2) is 0 Å². The Bertz CT molecular complexity index is 801. The van der Waals surface area contributed by atoms with Crippen molar-refractivity contribution in [2.75, 3.05) is 13.1 Å². The molecule has 1 aromatic heterocycles. The van der Waals surface area contributed by atoms with Crippen LogP contribution in [0.5, 0.6) is 0 Å². The van der Waals surface area contributed by atoms with Gasteiger partial charge in [0.1, 0.15) is 0 Å². The first kappa shape index (κ1) is 18.5. The predicted molar refractivity (Wildman–Crippen MR) is 100 cm³/mol. The smallest absolute Gasteiger partial charge is 0.250 e. The molecular weight excluding hydrogens is 330 g/mol. The van der Waals surface area contributed by atoms with Gasteiger partial charge in [0.2, 0.25) is 11.5 Å². The van der Waals surface area contributed by atoms with Crippen molar-refractivity contribution in [3.8, 4) is 0 Å². The average molecular weight is 357 g/mol. The Morgan fingerprint density at radius 2 is 1.96 bits per heavy atom. The summed E-state index contributed by atoms with van der Waals surface area (Å²) in [6, 6.07) is 3.24. The number of fused-ring (bicyclic) bond motifs is 1. The molecule has 2 aliphatic rings. The molecule has 140 valence electrons. The van der Waals surface area contributed by atoms with E-state index in [2.05, 4.69) is 9.98 Å². The van der Waals surface area contributed by atoms with Gasteiger partial charge in [-0.05, 0) is 38.2 Å². The molecule has 0 radical (unpaired) electrons. The van der Waals surface area contributed by atoms with Crippen LogP contribution in [0.4, 0.5) is 0 Å². The van der Waals surface area contributed by atoms with Crippen LogP contribution < -0.4 is 5.56 Å². The first-order chi connectivity index (χ1) is 12.3. The third-order valence-corrected chi connectivity index (χ3v) is 5.10. The van der Waals surface area contributed by atoms with Crippen molar-refractivity contribution >= 4 is 17.5 Å². The maximum Gasteiger partial charge on any atom is 0.250 e. The normalized spacial score (nSPS) is 22.2. The van der Waals surface area contributed by atoms with Crippen molar-refractivity contribution in [1.82, 2.24) is 9.88 Å². The molecule has 1 aromatic rings. The Labute approximate surface area is 153 Å². The largest absolute Gasteiger partial charge is 0.341 e. The highest BCUT2D eigenvalue weighted by atomic mass is 16.2. The fourth-order valence-electron chi connectivity index (χ4n) is 3.73. The number of aromatic nitrogens is 1.